The van der Waals surface area contributed by atoms with Crippen LogP contribution in [0.3, 0.4) is 0 Å². The van der Waals surface area contributed by atoms with Gasteiger partial charge in [0.15, 0.2) is 0 Å². The first kappa shape index (κ1) is 16.1. The number of anilines is 1. The zero-order valence-corrected chi connectivity index (χ0v) is 11.7. The number of esters is 1. The van der Waals surface area contributed by atoms with Gasteiger partial charge in [-0.05, 0) is 37.1 Å². The Morgan fingerprint density at radius 1 is 1.05 bits per heavy atom. The van der Waals surface area contributed by atoms with Crippen LogP contribution in [0.5, 0.6) is 0 Å². The molecule has 5 heteroatoms. The topological polar surface area (TPSA) is 55.4 Å². The smallest absolute Gasteiger partial charge is 0.305 e. The zero-order chi connectivity index (χ0) is 14.8. The van der Waals surface area contributed by atoms with E-state index < -0.39 is 0 Å². The first-order valence-corrected chi connectivity index (χ1v) is 6.74. The summed E-state index contributed by atoms with van der Waals surface area (Å²) in [5, 5.41) is 2.71. The van der Waals surface area contributed by atoms with Gasteiger partial charge in [0.05, 0.1) is 7.11 Å². The number of carbonyl (C=O) groups is 2. The van der Waals surface area contributed by atoms with Crippen molar-refractivity contribution in [3.8, 4) is 0 Å². The molecule has 0 aliphatic carbocycles. The lowest BCUT2D eigenvalue weighted by Crippen LogP contribution is -2.10. The average molecular weight is 281 g/mol. The fourth-order valence-corrected chi connectivity index (χ4v) is 1.77. The molecule has 0 heterocycles. The number of hydrogen-bond acceptors (Lipinski definition) is 3. The second-order valence-corrected chi connectivity index (χ2v) is 4.55. The van der Waals surface area contributed by atoms with Gasteiger partial charge in [-0.3, -0.25) is 9.59 Å². The lowest BCUT2D eigenvalue weighted by molar-refractivity contribution is -0.140. The number of amides is 1. The number of benzene rings is 1. The molecule has 0 aliphatic rings. The van der Waals surface area contributed by atoms with Crippen molar-refractivity contribution in [1.29, 1.82) is 0 Å². The quantitative estimate of drug-likeness (QED) is 0.587. The molecule has 1 rings (SSSR count). The van der Waals surface area contributed by atoms with Crippen LogP contribution in [0.15, 0.2) is 24.3 Å². The Kier molecular flexibility index (Phi) is 7.32. The molecule has 0 saturated carbocycles. The molecule has 110 valence electrons. The van der Waals surface area contributed by atoms with E-state index in [1.807, 2.05) is 0 Å². The molecule has 0 aliphatic heterocycles. The minimum atomic E-state index is -0.325. The van der Waals surface area contributed by atoms with Crippen molar-refractivity contribution in [2.24, 2.45) is 0 Å². The highest BCUT2D eigenvalue weighted by atomic mass is 19.1. The molecule has 1 aromatic carbocycles. The first-order chi connectivity index (χ1) is 9.61. The summed E-state index contributed by atoms with van der Waals surface area (Å²) in [5.74, 6) is -0.600. The van der Waals surface area contributed by atoms with E-state index in [0.29, 0.717) is 18.5 Å². The maximum absolute atomic E-state index is 12.7. The van der Waals surface area contributed by atoms with Crippen LogP contribution in [0.1, 0.15) is 38.5 Å². The van der Waals surface area contributed by atoms with Crippen molar-refractivity contribution in [2.45, 2.75) is 38.5 Å². The SMILES string of the molecule is COC(=O)CCCCCCC(=O)Nc1ccc(F)cc1. The third kappa shape index (κ3) is 6.87. The highest BCUT2D eigenvalue weighted by molar-refractivity contribution is 5.90. The third-order valence-corrected chi connectivity index (χ3v) is 2.89. The molecule has 1 aromatic rings. The predicted molar refractivity (Wildman–Crippen MR) is 74.7 cm³/mol. The molecule has 4 nitrogen and oxygen atoms in total. The van der Waals surface area contributed by atoms with Crippen molar-refractivity contribution in [3.05, 3.63) is 30.1 Å². The Bertz CT molecular complexity index is 431. The predicted octanol–water partition coefficient (Wildman–Crippen LogP) is 3.28. The van der Waals surface area contributed by atoms with Crippen LogP contribution in [0.2, 0.25) is 0 Å². The Morgan fingerprint density at radius 3 is 2.25 bits per heavy atom. The largest absolute Gasteiger partial charge is 0.469 e. The van der Waals surface area contributed by atoms with E-state index in [1.165, 1.54) is 31.4 Å². The molecule has 0 aromatic heterocycles. The van der Waals surface area contributed by atoms with Gasteiger partial charge in [0, 0.05) is 18.5 Å². The van der Waals surface area contributed by atoms with Gasteiger partial charge in [0.2, 0.25) is 5.91 Å². The molecule has 0 fully saturated rings. The fraction of sp³-hybridized carbons (Fsp3) is 0.467. The van der Waals surface area contributed by atoms with E-state index in [2.05, 4.69) is 10.1 Å². The molecule has 0 spiro atoms. The third-order valence-electron chi connectivity index (χ3n) is 2.89. The number of hydrogen-bond donors (Lipinski definition) is 1. The Labute approximate surface area is 118 Å². The summed E-state index contributed by atoms with van der Waals surface area (Å²) in [4.78, 5) is 22.5. The maximum atomic E-state index is 12.7. The molecule has 20 heavy (non-hydrogen) atoms. The maximum Gasteiger partial charge on any atom is 0.305 e. The van der Waals surface area contributed by atoms with E-state index in [4.69, 9.17) is 0 Å². The Balaban J connectivity index is 2.08. The Morgan fingerprint density at radius 2 is 1.65 bits per heavy atom. The van der Waals surface area contributed by atoms with Crippen LogP contribution < -0.4 is 5.32 Å². The summed E-state index contributed by atoms with van der Waals surface area (Å²) in [6.45, 7) is 0. The van der Waals surface area contributed by atoms with Gasteiger partial charge >= 0.3 is 5.97 Å². The molecule has 0 radical (unpaired) electrons. The van der Waals surface area contributed by atoms with Crippen molar-refractivity contribution >= 4 is 17.6 Å². The van der Waals surface area contributed by atoms with Crippen molar-refractivity contribution < 1.29 is 18.7 Å². The van der Waals surface area contributed by atoms with Gasteiger partial charge in [-0.25, -0.2) is 4.39 Å². The standard InChI is InChI=1S/C15H20FNO3/c1-20-15(19)7-5-3-2-4-6-14(18)17-13-10-8-12(16)9-11-13/h8-11H,2-7H2,1H3,(H,17,18). The van der Waals surface area contributed by atoms with Gasteiger partial charge in [-0.1, -0.05) is 12.8 Å². The van der Waals surface area contributed by atoms with Gasteiger partial charge in [0.1, 0.15) is 5.82 Å². The molecular formula is C15H20FNO3. The van der Waals surface area contributed by atoms with Crippen LogP contribution in [-0.2, 0) is 14.3 Å². The number of halogens is 1. The molecule has 1 N–H and O–H groups in total. The summed E-state index contributed by atoms with van der Waals surface area (Å²) in [6, 6.07) is 5.68. The average Bonchev–Trinajstić information content (AvgIpc) is 2.44. The minimum absolute atomic E-state index is 0.0791. The van der Waals surface area contributed by atoms with Gasteiger partial charge in [0.25, 0.3) is 0 Å². The molecular weight excluding hydrogens is 261 g/mol. The van der Waals surface area contributed by atoms with Crippen LogP contribution in [-0.4, -0.2) is 19.0 Å². The van der Waals surface area contributed by atoms with Gasteiger partial charge in [-0.2, -0.15) is 0 Å². The molecule has 0 unspecified atom stereocenters. The number of carbonyl (C=O) groups excluding carboxylic acids is 2. The molecule has 0 atom stereocenters. The number of rotatable bonds is 8. The zero-order valence-electron chi connectivity index (χ0n) is 11.7. The molecule has 0 saturated heterocycles. The molecule has 0 bridgehead atoms. The van der Waals surface area contributed by atoms with E-state index in [9.17, 15) is 14.0 Å². The number of methoxy groups -OCH3 is 1. The van der Waals surface area contributed by atoms with E-state index in [1.54, 1.807) is 0 Å². The fourth-order valence-electron chi connectivity index (χ4n) is 1.77. The number of nitrogens with one attached hydrogen (secondary N) is 1. The number of unbranched alkanes of at least 4 members (excludes halogenated alkanes) is 3. The minimum Gasteiger partial charge on any atom is -0.469 e. The first-order valence-electron chi connectivity index (χ1n) is 6.74. The normalized spacial score (nSPS) is 10.1. The Hall–Kier alpha value is -1.91. The highest BCUT2D eigenvalue weighted by Crippen LogP contribution is 2.10. The summed E-state index contributed by atoms with van der Waals surface area (Å²) >= 11 is 0. The summed E-state index contributed by atoms with van der Waals surface area (Å²) < 4.78 is 17.2. The van der Waals surface area contributed by atoms with Crippen LogP contribution in [0, 0.1) is 5.82 Å². The number of ether oxygens (including phenoxy) is 1. The van der Waals surface area contributed by atoms with Crippen LogP contribution in [0.25, 0.3) is 0 Å². The lowest BCUT2D eigenvalue weighted by atomic mass is 10.1. The van der Waals surface area contributed by atoms with E-state index in [-0.39, 0.29) is 17.7 Å². The van der Waals surface area contributed by atoms with Crippen molar-refractivity contribution in [3.63, 3.8) is 0 Å². The van der Waals surface area contributed by atoms with Crippen LogP contribution in [0.4, 0.5) is 10.1 Å². The summed E-state index contributed by atoms with van der Waals surface area (Å²) in [6.07, 6.45) is 4.21. The van der Waals surface area contributed by atoms with Gasteiger partial charge < -0.3 is 10.1 Å². The monoisotopic (exact) mass is 281 g/mol. The van der Waals surface area contributed by atoms with Gasteiger partial charge in [-0.15, -0.1) is 0 Å². The molecule has 1 amide bonds. The summed E-state index contributed by atoms with van der Waals surface area (Å²) in [7, 11) is 1.38. The second-order valence-electron chi connectivity index (χ2n) is 4.55. The van der Waals surface area contributed by atoms with Crippen molar-refractivity contribution in [2.75, 3.05) is 12.4 Å². The highest BCUT2D eigenvalue weighted by Gasteiger charge is 2.03. The summed E-state index contributed by atoms with van der Waals surface area (Å²) in [5.41, 5.74) is 0.599. The van der Waals surface area contributed by atoms with Crippen LogP contribution >= 0.6 is 0 Å². The lowest BCUT2D eigenvalue weighted by Gasteiger charge is -2.05. The van der Waals surface area contributed by atoms with E-state index in [0.717, 1.165) is 25.7 Å². The van der Waals surface area contributed by atoms with E-state index >= 15 is 0 Å². The second kappa shape index (κ2) is 9.07. The van der Waals surface area contributed by atoms with Crippen molar-refractivity contribution in [1.82, 2.24) is 0 Å².